The number of aromatic nitrogens is 2. The summed E-state index contributed by atoms with van der Waals surface area (Å²) < 4.78 is 16.0. The Kier molecular flexibility index (Phi) is 6.05. The first-order valence-corrected chi connectivity index (χ1v) is 11.5. The fraction of sp³-hybridized carbons (Fsp3) is 0.222. The van der Waals surface area contributed by atoms with Crippen LogP contribution in [0.1, 0.15) is 37.5 Å². The van der Waals surface area contributed by atoms with Crippen molar-refractivity contribution in [3.05, 3.63) is 94.6 Å². The zero-order chi connectivity index (χ0) is 24.5. The Hall–Kier alpha value is -4.04. The minimum absolute atomic E-state index is 0.0295. The molecular weight excluding hydrogens is 447 g/mol. The molecule has 0 radical (unpaired) electrons. The highest BCUT2D eigenvalue weighted by Gasteiger charge is 2.30. The molecule has 178 valence electrons. The van der Waals surface area contributed by atoms with Crippen LogP contribution in [0.25, 0.3) is 16.6 Å². The molecule has 1 fully saturated rings. The van der Waals surface area contributed by atoms with Crippen molar-refractivity contribution in [1.82, 2.24) is 19.8 Å². The van der Waals surface area contributed by atoms with Crippen molar-refractivity contribution in [1.29, 1.82) is 0 Å². The molecule has 1 aliphatic rings. The van der Waals surface area contributed by atoms with Crippen LogP contribution in [0.5, 0.6) is 0 Å². The Morgan fingerprint density at radius 2 is 1.83 bits per heavy atom. The molecular formula is C27H25FN4O3. The summed E-state index contributed by atoms with van der Waals surface area (Å²) in [4.78, 5) is 27.4. The third-order valence-electron chi connectivity index (χ3n) is 6.55. The second-order valence-corrected chi connectivity index (χ2v) is 8.66. The lowest BCUT2D eigenvalue weighted by Gasteiger charge is -2.27. The van der Waals surface area contributed by atoms with Crippen LogP contribution in [0.3, 0.4) is 0 Å². The summed E-state index contributed by atoms with van der Waals surface area (Å²) in [5.41, 5.74) is 4.46. The number of carboxylic acid groups (broad SMARTS) is 1. The molecule has 35 heavy (non-hydrogen) atoms. The number of carbonyl (C=O) groups is 2. The van der Waals surface area contributed by atoms with E-state index < -0.39 is 5.97 Å². The van der Waals surface area contributed by atoms with E-state index in [0.29, 0.717) is 54.9 Å². The maximum Gasteiger partial charge on any atom is 0.337 e. The molecule has 5 rings (SSSR count). The molecule has 0 spiro atoms. The number of hydrogen-bond donors (Lipinski definition) is 2. The average Bonchev–Trinajstić information content (AvgIpc) is 3.20. The second kappa shape index (κ2) is 9.31. The number of rotatable bonds is 5. The Labute approximate surface area is 201 Å². The summed E-state index contributed by atoms with van der Waals surface area (Å²) >= 11 is 0. The third kappa shape index (κ3) is 4.17. The largest absolute Gasteiger partial charge is 0.478 e. The minimum Gasteiger partial charge on any atom is -0.478 e. The monoisotopic (exact) mass is 472 g/mol. The zero-order valence-corrected chi connectivity index (χ0v) is 19.3. The molecule has 3 heterocycles. The van der Waals surface area contributed by atoms with Gasteiger partial charge in [0.05, 0.1) is 17.3 Å². The number of nitrogens with zero attached hydrogens (tertiary/aromatic N) is 3. The standard InChI is InChI=1S/C27H25FN4O3/c1-17-19(8-5-9-22(17)28)14-21-24(18-6-3-2-4-7-18)23-15-20(27(34)35)16-30-32(23)25(21)26(33)31-12-10-29-11-13-31/h2-9,15-16,29H,10-14H2,1H3,(H,34,35). The maximum atomic E-state index is 14.4. The lowest BCUT2D eigenvalue weighted by molar-refractivity contribution is 0.0695. The quantitative estimate of drug-likeness (QED) is 0.462. The molecule has 0 unspecified atom stereocenters. The second-order valence-electron chi connectivity index (χ2n) is 8.66. The number of benzene rings is 2. The van der Waals surface area contributed by atoms with Gasteiger partial charge in [-0.2, -0.15) is 5.10 Å². The molecule has 8 heteroatoms. The van der Waals surface area contributed by atoms with Crippen molar-refractivity contribution in [2.75, 3.05) is 26.2 Å². The number of amides is 1. The Morgan fingerprint density at radius 1 is 1.09 bits per heavy atom. The lowest BCUT2D eigenvalue weighted by atomic mass is 9.93. The van der Waals surface area contributed by atoms with Crippen LogP contribution in [-0.4, -0.2) is 57.7 Å². The van der Waals surface area contributed by atoms with Crippen LogP contribution in [-0.2, 0) is 6.42 Å². The number of carboxylic acids is 1. The summed E-state index contributed by atoms with van der Waals surface area (Å²) in [5, 5.41) is 17.3. The fourth-order valence-corrected chi connectivity index (χ4v) is 4.67. The number of halogens is 1. The summed E-state index contributed by atoms with van der Waals surface area (Å²) in [6, 6.07) is 16.0. The van der Waals surface area contributed by atoms with Gasteiger partial charge in [0.15, 0.2) is 0 Å². The molecule has 0 atom stereocenters. The van der Waals surface area contributed by atoms with Gasteiger partial charge in [-0.15, -0.1) is 0 Å². The highest BCUT2D eigenvalue weighted by Crippen LogP contribution is 2.36. The molecule has 7 nitrogen and oxygen atoms in total. The fourth-order valence-electron chi connectivity index (χ4n) is 4.67. The predicted octanol–water partition coefficient (Wildman–Crippen LogP) is 3.78. The van der Waals surface area contributed by atoms with Crippen LogP contribution >= 0.6 is 0 Å². The normalized spacial score (nSPS) is 13.8. The molecule has 0 bridgehead atoms. The van der Waals surface area contributed by atoms with Gasteiger partial charge in [-0.1, -0.05) is 42.5 Å². The van der Waals surface area contributed by atoms with Crippen LogP contribution in [0, 0.1) is 12.7 Å². The highest BCUT2D eigenvalue weighted by atomic mass is 19.1. The van der Waals surface area contributed by atoms with E-state index in [1.54, 1.807) is 28.5 Å². The number of carbonyl (C=O) groups excluding carboxylic acids is 1. The van der Waals surface area contributed by atoms with Crippen LogP contribution in [0.15, 0.2) is 60.8 Å². The summed E-state index contributed by atoms with van der Waals surface area (Å²) in [6.07, 6.45) is 1.56. The summed E-state index contributed by atoms with van der Waals surface area (Å²) in [6.45, 7) is 4.21. The number of aromatic carboxylic acids is 1. The predicted molar refractivity (Wildman–Crippen MR) is 130 cm³/mol. The molecule has 0 aliphatic carbocycles. The SMILES string of the molecule is Cc1c(F)cccc1Cc1c(-c2ccccc2)c2cc(C(=O)O)cnn2c1C(=O)N1CCNCC1. The maximum absolute atomic E-state index is 14.4. The first kappa shape index (κ1) is 22.7. The number of fused-ring (bicyclic) bond motifs is 1. The Balaban J connectivity index is 1.81. The van der Waals surface area contributed by atoms with Crippen LogP contribution < -0.4 is 5.32 Å². The van der Waals surface area contributed by atoms with Gasteiger partial charge in [-0.05, 0) is 41.3 Å². The van der Waals surface area contributed by atoms with E-state index in [0.717, 1.165) is 16.7 Å². The smallest absolute Gasteiger partial charge is 0.337 e. The van der Waals surface area contributed by atoms with Gasteiger partial charge in [0.2, 0.25) is 0 Å². The van der Waals surface area contributed by atoms with E-state index in [-0.39, 0.29) is 17.3 Å². The Bertz CT molecular complexity index is 1430. The first-order chi connectivity index (χ1) is 17.0. The van der Waals surface area contributed by atoms with E-state index in [1.165, 1.54) is 12.3 Å². The van der Waals surface area contributed by atoms with E-state index >= 15 is 0 Å². The molecule has 2 N–H and O–H groups in total. The molecule has 1 amide bonds. The van der Waals surface area contributed by atoms with E-state index in [9.17, 15) is 19.1 Å². The van der Waals surface area contributed by atoms with Crippen molar-refractivity contribution in [3.63, 3.8) is 0 Å². The third-order valence-corrected chi connectivity index (χ3v) is 6.55. The van der Waals surface area contributed by atoms with Crippen molar-refractivity contribution < 1.29 is 19.1 Å². The van der Waals surface area contributed by atoms with Crippen molar-refractivity contribution >= 4 is 17.4 Å². The van der Waals surface area contributed by atoms with E-state index in [2.05, 4.69) is 10.4 Å². The topological polar surface area (TPSA) is 86.9 Å². The van der Waals surface area contributed by atoms with Gasteiger partial charge in [-0.25, -0.2) is 13.7 Å². The van der Waals surface area contributed by atoms with Crippen molar-refractivity contribution in [2.24, 2.45) is 0 Å². The molecule has 1 aliphatic heterocycles. The molecule has 0 saturated carbocycles. The van der Waals surface area contributed by atoms with Gasteiger partial charge in [-0.3, -0.25) is 4.79 Å². The van der Waals surface area contributed by atoms with Gasteiger partial charge in [0.1, 0.15) is 11.5 Å². The van der Waals surface area contributed by atoms with Crippen LogP contribution in [0.4, 0.5) is 4.39 Å². The van der Waals surface area contributed by atoms with Crippen LogP contribution in [0.2, 0.25) is 0 Å². The minimum atomic E-state index is -1.10. The lowest BCUT2D eigenvalue weighted by Crippen LogP contribution is -2.47. The molecule has 1 saturated heterocycles. The molecule has 2 aromatic carbocycles. The molecule has 2 aromatic heterocycles. The number of nitrogens with one attached hydrogen (secondary N) is 1. The van der Waals surface area contributed by atoms with Gasteiger partial charge < -0.3 is 15.3 Å². The van der Waals surface area contributed by atoms with Gasteiger partial charge in [0.25, 0.3) is 5.91 Å². The first-order valence-electron chi connectivity index (χ1n) is 11.5. The number of hydrogen-bond acceptors (Lipinski definition) is 4. The summed E-state index contributed by atoms with van der Waals surface area (Å²) in [5.74, 6) is -1.59. The van der Waals surface area contributed by atoms with E-state index in [1.807, 2.05) is 36.4 Å². The molecule has 4 aromatic rings. The zero-order valence-electron chi connectivity index (χ0n) is 19.3. The van der Waals surface area contributed by atoms with E-state index in [4.69, 9.17) is 0 Å². The highest BCUT2D eigenvalue weighted by molar-refractivity contribution is 6.02. The van der Waals surface area contributed by atoms with Gasteiger partial charge in [0, 0.05) is 38.2 Å². The van der Waals surface area contributed by atoms with Crippen molar-refractivity contribution in [2.45, 2.75) is 13.3 Å². The average molecular weight is 473 g/mol. The Morgan fingerprint density at radius 3 is 2.54 bits per heavy atom. The van der Waals surface area contributed by atoms with Crippen molar-refractivity contribution in [3.8, 4) is 11.1 Å². The van der Waals surface area contributed by atoms with Gasteiger partial charge >= 0.3 is 5.97 Å². The summed E-state index contributed by atoms with van der Waals surface area (Å²) in [7, 11) is 0. The number of piperazine rings is 1.